The quantitative estimate of drug-likeness (QED) is 0.801. The molecule has 2 heterocycles. The number of carbonyl (C=O) groups excluding carboxylic acids is 1. The molecule has 0 saturated carbocycles. The Kier molecular flexibility index (Phi) is 4.14. The lowest BCUT2D eigenvalue weighted by Gasteiger charge is -2.37. The molecule has 0 bridgehead atoms. The lowest BCUT2D eigenvalue weighted by Crippen LogP contribution is -2.49. The number of piperazine rings is 1. The van der Waals surface area contributed by atoms with Crippen LogP contribution < -0.4 is 4.90 Å². The first-order valence-corrected chi connectivity index (χ1v) is 8.71. The second-order valence-corrected chi connectivity index (χ2v) is 6.62. The molecule has 2 aromatic carbocycles. The molecule has 1 aliphatic heterocycles. The molecule has 4 rings (SSSR count). The van der Waals surface area contributed by atoms with Gasteiger partial charge in [0, 0.05) is 37.3 Å². The van der Waals surface area contributed by atoms with E-state index in [2.05, 4.69) is 46.3 Å². The summed E-state index contributed by atoms with van der Waals surface area (Å²) in [7, 11) is 0. The first kappa shape index (κ1) is 15.7. The van der Waals surface area contributed by atoms with Crippen molar-refractivity contribution >= 4 is 22.5 Å². The van der Waals surface area contributed by atoms with Gasteiger partial charge in [-0.2, -0.15) is 5.10 Å². The maximum absolute atomic E-state index is 12.6. The van der Waals surface area contributed by atoms with Crippen LogP contribution in [0.15, 0.2) is 48.7 Å². The zero-order valence-electron chi connectivity index (χ0n) is 14.4. The van der Waals surface area contributed by atoms with E-state index in [4.69, 9.17) is 0 Å². The number of amides is 1. The summed E-state index contributed by atoms with van der Waals surface area (Å²) in [4.78, 5) is 17.0. The van der Waals surface area contributed by atoms with E-state index >= 15 is 0 Å². The van der Waals surface area contributed by atoms with Crippen LogP contribution >= 0.6 is 0 Å². The van der Waals surface area contributed by atoms with Gasteiger partial charge in [-0.25, -0.2) is 0 Å². The highest BCUT2D eigenvalue weighted by Gasteiger charge is 2.22. The molecule has 128 valence electrons. The van der Waals surface area contributed by atoms with Crippen molar-refractivity contribution in [2.45, 2.75) is 13.3 Å². The molecule has 1 N–H and O–H groups in total. The van der Waals surface area contributed by atoms with E-state index in [0.29, 0.717) is 6.42 Å². The highest BCUT2D eigenvalue weighted by molar-refractivity contribution is 5.83. The number of hydrogen-bond acceptors (Lipinski definition) is 3. The maximum Gasteiger partial charge on any atom is 0.227 e. The van der Waals surface area contributed by atoms with E-state index in [9.17, 15) is 4.79 Å². The molecule has 1 fully saturated rings. The number of benzene rings is 2. The van der Waals surface area contributed by atoms with Gasteiger partial charge in [-0.05, 0) is 36.2 Å². The van der Waals surface area contributed by atoms with E-state index < -0.39 is 0 Å². The number of nitrogens with one attached hydrogen (secondary N) is 1. The Morgan fingerprint density at radius 1 is 1.12 bits per heavy atom. The largest absolute Gasteiger partial charge is 0.368 e. The molecule has 0 atom stereocenters. The maximum atomic E-state index is 12.6. The van der Waals surface area contributed by atoms with Crippen molar-refractivity contribution in [2.75, 3.05) is 31.1 Å². The summed E-state index contributed by atoms with van der Waals surface area (Å²) in [6, 6.07) is 14.5. The molecule has 0 aliphatic carbocycles. The van der Waals surface area contributed by atoms with Crippen LogP contribution in [0, 0.1) is 6.92 Å². The van der Waals surface area contributed by atoms with Crippen LogP contribution in [0.5, 0.6) is 0 Å². The summed E-state index contributed by atoms with van der Waals surface area (Å²) >= 11 is 0. The van der Waals surface area contributed by atoms with Crippen molar-refractivity contribution in [3.8, 4) is 0 Å². The van der Waals surface area contributed by atoms with Gasteiger partial charge in [0.2, 0.25) is 5.91 Å². The first-order valence-electron chi connectivity index (χ1n) is 8.71. The molecule has 0 spiro atoms. The SMILES string of the molecule is Cc1ccccc1N1CCN(C(=O)Cc2ccc3[nH]ncc3c2)CC1. The highest BCUT2D eigenvalue weighted by atomic mass is 16.2. The summed E-state index contributed by atoms with van der Waals surface area (Å²) in [5, 5.41) is 8.02. The van der Waals surface area contributed by atoms with E-state index in [1.807, 2.05) is 23.1 Å². The first-order chi connectivity index (χ1) is 12.2. The fourth-order valence-corrected chi connectivity index (χ4v) is 3.50. The van der Waals surface area contributed by atoms with E-state index in [0.717, 1.165) is 42.6 Å². The Hall–Kier alpha value is -2.82. The molecule has 1 saturated heterocycles. The lowest BCUT2D eigenvalue weighted by atomic mass is 10.1. The molecule has 1 aliphatic rings. The van der Waals surface area contributed by atoms with Crippen LogP contribution in [0.1, 0.15) is 11.1 Å². The summed E-state index contributed by atoms with van der Waals surface area (Å²) < 4.78 is 0. The predicted molar refractivity (Wildman–Crippen MR) is 99.8 cm³/mol. The number of fused-ring (bicyclic) bond motifs is 1. The van der Waals surface area contributed by atoms with Crippen molar-refractivity contribution in [1.29, 1.82) is 0 Å². The molecule has 5 heteroatoms. The van der Waals surface area contributed by atoms with Crippen molar-refractivity contribution in [2.24, 2.45) is 0 Å². The minimum atomic E-state index is 0.201. The molecular weight excluding hydrogens is 312 g/mol. The van der Waals surface area contributed by atoms with Crippen molar-refractivity contribution in [3.05, 3.63) is 59.8 Å². The summed E-state index contributed by atoms with van der Waals surface area (Å²) in [6.45, 7) is 5.47. The number of anilines is 1. The average molecular weight is 334 g/mol. The standard InChI is InChI=1S/C20H22N4O/c1-15-4-2-3-5-19(15)23-8-10-24(11-9-23)20(25)13-16-6-7-18-17(12-16)14-21-22-18/h2-7,12,14H,8-11,13H2,1H3,(H,21,22). The van der Waals surface area contributed by atoms with Gasteiger partial charge in [-0.3, -0.25) is 9.89 Å². The zero-order chi connectivity index (χ0) is 17.2. The Morgan fingerprint density at radius 2 is 1.92 bits per heavy atom. The number of rotatable bonds is 3. The Morgan fingerprint density at radius 3 is 2.72 bits per heavy atom. The molecular formula is C20H22N4O. The van der Waals surface area contributed by atoms with Crippen LogP contribution in [0.2, 0.25) is 0 Å². The summed E-state index contributed by atoms with van der Waals surface area (Å²) in [5.74, 6) is 0.201. The van der Waals surface area contributed by atoms with Crippen LogP contribution in [-0.4, -0.2) is 47.2 Å². The third-order valence-electron chi connectivity index (χ3n) is 4.95. The molecule has 25 heavy (non-hydrogen) atoms. The smallest absolute Gasteiger partial charge is 0.227 e. The molecule has 1 aromatic heterocycles. The predicted octanol–water partition coefficient (Wildman–Crippen LogP) is 2.76. The van der Waals surface area contributed by atoms with Gasteiger partial charge in [0.05, 0.1) is 18.1 Å². The minimum Gasteiger partial charge on any atom is -0.368 e. The van der Waals surface area contributed by atoms with Crippen LogP contribution in [0.3, 0.4) is 0 Å². The number of aryl methyl sites for hydroxylation is 1. The average Bonchev–Trinajstić information content (AvgIpc) is 3.10. The van der Waals surface area contributed by atoms with Gasteiger partial charge in [0.25, 0.3) is 0 Å². The number of carbonyl (C=O) groups is 1. The van der Waals surface area contributed by atoms with Gasteiger partial charge in [0.1, 0.15) is 0 Å². The zero-order valence-corrected chi connectivity index (χ0v) is 14.4. The van der Waals surface area contributed by atoms with Gasteiger partial charge >= 0.3 is 0 Å². The van der Waals surface area contributed by atoms with E-state index in [-0.39, 0.29) is 5.91 Å². The Balaban J connectivity index is 1.38. The van der Waals surface area contributed by atoms with Crippen LogP contribution in [0.25, 0.3) is 10.9 Å². The molecule has 1 amide bonds. The van der Waals surface area contributed by atoms with Crippen molar-refractivity contribution in [1.82, 2.24) is 15.1 Å². The summed E-state index contributed by atoms with van der Waals surface area (Å²) in [5.41, 5.74) is 4.61. The van der Waals surface area contributed by atoms with Gasteiger partial charge in [-0.15, -0.1) is 0 Å². The number of H-pyrrole nitrogens is 1. The lowest BCUT2D eigenvalue weighted by molar-refractivity contribution is -0.130. The second kappa shape index (κ2) is 6.59. The van der Waals surface area contributed by atoms with Crippen LogP contribution in [-0.2, 0) is 11.2 Å². The molecule has 5 nitrogen and oxygen atoms in total. The second-order valence-electron chi connectivity index (χ2n) is 6.62. The topological polar surface area (TPSA) is 52.2 Å². The molecule has 0 unspecified atom stereocenters. The summed E-state index contributed by atoms with van der Waals surface area (Å²) in [6.07, 6.45) is 2.25. The van der Waals surface area contributed by atoms with E-state index in [1.54, 1.807) is 6.20 Å². The number of aromatic nitrogens is 2. The highest BCUT2D eigenvalue weighted by Crippen LogP contribution is 2.21. The van der Waals surface area contributed by atoms with Gasteiger partial charge in [-0.1, -0.05) is 24.3 Å². The Labute approximate surface area is 147 Å². The fraction of sp³-hybridized carbons (Fsp3) is 0.300. The molecule has 3 aromatic rings. The monoisotopic (exact) mass is 334 g/mol. The van der Waals surface area contributed by atoms with Crippen LogP contribution in [0.4, 0.5) is 5.69 Å². The van der Waals surface area contributed by atoms with Gasteiger partial charge in [0.15, 0.2) is 0 Å². The third kappa shape index (κ3) is 3.22. The Bertz CT molecular complexity index is 893. The minimum absolute atomic E-state index is 0.201. The van der Waals surface area contributed by atoms with E-state index in [1.165, 1.54) is 11.3 Å². The molecule has 0 radical (unpaired) electrons. The van der Waals surface area contributed by atoms with Gasteiger partial charge < -0.3 is 9.80 Å². The number of para-hydroxylation sites is 1. The van der Waals surface area contributed by atoms with Crippen molar-refractivity contribution < 1.29 is 4.79 Å². The third-order valence-corrected chi connectivity index (χ3v) is 4.95. The normalized spacial score (nSPS) is 14.9. The number of nitrogens with zero attached hydrogens (tertiary/aromatic N) is 3. The fourth-order valence-electron chi connectivity index (χ4n) is 3.50. The van der Waals surface area contributed by atoms with Crippen molar-refractivity contribution in [3.63, 3.8) is 0 Å². The number of aromatic amines is 1. The number of hydrogen-bond donors (Lipinski definition) is 1.